The molecule has 2 bridgehead atoms. The fourth-order valence-electron chi connectivity index (χ4n) is 5.01. The maximum atomic E-state index is 12.3. The first-order valence-electron chi connectivity index (χ1n) is 8.49. The normalized spacial score (nSPS) is 33.2. The number of nitrogens with zero attached hydrogens (tertiary/aromatic N) is 1. The lowest BCUT2D eigenvalue weighted by atomic mass is 9.68. The van der Waals surface area contributed by atoms with E-state index in [0.717, 1.165) is 41.2 Å². The number of aliphatic imine (C=N–C) groups is 1. The van der Waals surface area contributed by atoms with Crippen LogP contribution in [0.25, 0.3) is 5.57 Å². The molecule has 2 unspecified atom stereocenters. The molecule has 7 heteroatoms. The summed E-state index contributed by atoms with van der Waals surface area (Å²) in [5.41, 5.74) is 3.54. The topological polar surface area (TPSA) is 75.7 Å². The largest absolute Gasteiger partial charge is 0.504 e. The summed E-state index contributed by atoms with van der Waals surface area (Å²) >= 11 is 5.31. The Labute approximate surface area is 156 Å². The van der Waals surface area contributed by atoms with Gasteiger partial charge in [-0.1, -0.05) is 6.08 Å². The van der Waals surface area contributed by atoms with Crippen molar-refractivity contribution in [2.75, 3.05) is 11.9 Å². The highest BCUT2D eigenvalue weighted by atomic mass is 79.9. The second-order valence-corrected chi connectivity index (χ2v) is 9.54. The molecule has 0 radical (unpaired) electrons. The Morgan fingerprint density at radius 1 is 1.48 bits per heavy atom. The van der Waals surface area contributed by atoms with Gasteiger partial charge in [-0.2, -0.15) is 0 Å². The second-order valence-electron chi connectivity index (χ2n) is 7.28. The monoisotopic (exact) mass is 416 g/mol. The second kappa shape index (κ2) is 4.57. The van der Waals surface area contributed by atoms with E-state index in [-0.39, 0.29) is 27.6 Å². The minimum Gasteiger partial charge on any atom is -0.504 e. The lowest BCUT2D eigenvalue weighted by molar-refractivity contribution is -0.501. The number of hydrogen-bond donors (Lipinski definition) is 3. The van der Waals surface area contributed by atoms with Crippen LogP contribution in [0.15, 0.2) is 15.6 Å². The average molecular weight is 417 g/mol. The van der Waals surface area contributed by atoms with Crippen LogP contribution in [-0.4, -0.2) is 34.3 Å². The van der Waals surface area contributed by atoms with E-state index >= 15 is 0 Å². The van der Waals surface area contributed by atoms with Gasteiger partial charge in [-0.25, -0.2) is 4.99 Å². The number of allylic oxidation sites excluding steroid dienone is 2. The minimum atomic E-state index is -0.234. The zero-order valence-electron chi connectivity index (χ0n) is 13.2. The van der Waals surface area contributed by atoms with E-state index in [1.165, 1.54) is 5.57 Å². The molecule has 5 nitrogen and oxygen atoms in total. The molecule has 1 spiro atoms. The van der Waals surface area contributed by atoms with Gasteiger partial charge in [0.2, 0.25) is 5.36 Å². The Balaban J connectivity index is 1.79. The van der Waals surface area contributed by atoms with Crippen LogP contribution in [-0.2, 0) is 10.2 Å². The predicted molar refractivity (Wildman–Crippen MR) is 100 cm³/mol. The van der Waals surface area contributed by atoms with Gasteiger partial charge >= 0.3 is 0 Å². The van der Waals surface area contributed by atoms with Gasteiger partial charge in [0.05, 0.1) is 26.3 Å². The Morgan fingerprint density at radius 2 is 2.36 bits per heavy atom. The zero-order chi connectivity index (χ0) is 16.9. The standard InChI is InChI=1S/C18H14BrN3O2S/c19-8-4-18-5-11(25-10(18)3-9(8)23)22-16-13(18)14-12-7(1-2-20-14)6-21-15(12)17(16)24/h4,6,10-11,22,24H,1-3,5H2/p+1/t10?,11?,18-/m0/s1. The van der Waals surface area contributed by atoms with Crippen molar-refractivity contribution in [3.63, 3.8) is 0 Å². The van der Waals surface area contributed by atoms with Crippen molar-refractivity contribution in [2.24, 2.45) is 4.99 Å². The van der Waals surface area contributed by atoms with Gasteiger partial charge in [-0.15, -0.1) is 11.8 Å². The SMILES string of the molecule is O=C1CC2SC3C[C@]2(C=C1Br)c1c(c(O)c2c4c1=[NH+]CCC=4C=N2)N3. The third kappa shape index (κ3) is 1.64. The first-order valence-corrected chi connectivity index (χ1v) is 10.2. The highest BCUT2D eigenvalue weighted by Crippen LogP contribution is 2.60. The number of nitrogens with one attached hydrogen (secondary N) is 2. The summed E-state index contributed by atoms with van der Waals surface area (Å²) in [6, 6.07) is 0. The smallest absolute Gasteiger partial charge is 0.214 e. The molecule has 4 heterocycles. The fraction of sp³-hybridized carbons (Fsp3) is 0.389. The van der Waals surface area contributed by atoms with Crippen molar-refractivity contribution >= 4 is 56.6 Å². The fourth-order valence-corrected chi connectivity index (χ4v) is 7.30. The molecule has 0 aromatic heterocycles. The maximum Gasteiger partial charge on any atom is 0.214 e. The summed E-state index contributed by atoms with van der Waals surface area (Å²) in [6.07, 6.45) is 6.37. The van der Waals surface area contributed by atoms with Gasteiger partial charge in [0.1, 0.15) is 12.2 Å². The van der Waals surface area contributed by atoms with Crippen molar-refractivity contribution < 1.29 is 14.9 Å². The highest BCUT2D eigenvalue weighted by Gasteiger charge is 2.57. The highest BCUT2D eigenvalue weighted by molar-refractivity contribution is 9.12. The predicted octanol–water partition coefficient (Wildman–Crippen LogP) is 0.109. The number of phenols is 1. The van der Waals surface area contributed by atoms with Crippen molar-refractivity contribution in [1.29, 1.82) is 0 Å². The molecule has 25 heavy (non-hydrogen) atoms. The van der Waals surface area contributed by atoms with Crippen LogP contribution in [0.3, 0.4) is 0 Å². The average Bonchev–Trinajstić information content (AvgIpc) is 3.13. The van der Waals surface area contributed by atoms with Crippen LogP contribution in [0.1, 0.15) is 24.8 Å². The zero-order valence-corrected chi connectivity index (χ0v) is 15.6. The lowest BCUT2D eigenvalue weighted by Crippen LogP contribution is -2.83. The number of carbonyl (C=O) groups is 1. The molecule has 6 rings (SSSR count). The molecule has 126 valence electrons. The number of halogens is 1. The molecule has 1 saturated heterocycles. The molecular weight excluding hydrogens is 402 g/mol. The molecule has 3 N–H and O–H groups in total. The molecule has 4 aliphatic heterocycles. The third-order valence-electron chi connectivity index (χ3n) is 6.03. The van der Waals surface area contributed by atoms with Gasteiger partial charge in [-0.05, 0) is 27.9 Å². The van der Waals surface area contributed by atoms with E-state index in [2.05, 4.69) is 37.3 Å². The number of fused-ring (bicyclic) bond motifs is 3. The van der Waals surface area contributed by atoms with Gasteiger partial charge in [0.15, 0.2) is 11.5 Å². The summed E-state index contributed by atoms with van der Waals surface area (Å²) in [5, 5.41) is 17.0. The summed E-state index contributed by atoms with van der Waals surface area (Å²) in [5.74, 6) is 0.412. The molecule has 5 aliphatic rings. The lowest BCUT2D eigenvalue weighted by Gasteiger charge is -2.38. The van der Waals surface area contributed by atoms with Crippen LogP contribution in [0.5, 0.6) is 5.75 Å². The number of aromatic hydroxyl groups is 1. The number of ketones is 1. The molecule has 0 amide bonds. The molecular formula is C18H15BrN3O2S+. The van der Waals surface area contributed by atoms with E-state index in [1.54, 1.807) is 0 Å². The van der Waals surface area contributed by atoms with Gasteiger partial charge in [0.25, 0.3) is 0 Å². The number of Topliss-reactive ketones (excluding diaryl/α,β-unsaturated/α-hetero) is 1. The van der Waals surface area contributed by atoms with Crippen LogP contribution in [0.4, 0.5) is 11.4 Å². The Bertz CT molecular complexity index is 1080. The molecule has 3 atom stereocenters. The van der Waals surface area contributed by atoms with E-state index in [9.17, 15) is 9.90 Å². The van der Waals surface area contributed by atoms with Crippen molar-refractivity contribution in [2.45, 2.75) is 35.3 Å². The summed E-state index contributed by atoms with van der Waals surface area (Å²) < 4.78 is 0.668. The molecule has 0 saturated carbocycles. The Kier molecular flexibility index (Phi) is 2.66. The molecule has 1 fully saturated rings. The van der Waals surface area contributed by atoms with Gasteiger partial charge in [-0.3, -0.25) is 9.79 Å². The Hall–Kier alpha value is -1.60. The number of carbonyl (C=O) groups excluding carboxylic acids is 1. The van der Waals surface area contributed by atoms with Gasteiger partial charge < -0.3 is 10.4 Å². The summed E-state index contributed by atoms with van der Waals surface area (Å²) in [7, 11) is 0. The first-order chi connectivity index (χ1) is 12.1. The van der Waals surface area contributed by atoms with Crippen LogP contribution >= 0.6 is 27.7 Å². The van der Waals surface area contributed by atoms with E-state index in [1.807, 2.05) is 18.0 Å². The van der Waals surface area contributed by atoms with Crippen molar-refractivity contribution in [1.82, 2.24) is 0 Å². The van der Waals surface area contributed by atoms with Crippen LogP contribution in [0, 0.1) is 0 Å². The maximum absolute atomic E-state index is 12.3. The van der Waals surface area contributed by atoms with E-state index in [4.69, 9.17) is 0 Å². The van der Waals surface area contributed by atoms with Gasteiger partial charge in [0, 0.05) is 29.7 Å². The number of thioether (sulfide) groups is 1. The number of benzene rings is 1. The van der Waals surface area contributed by atoms with E-state index in [0.29, 0.717) is 16.6 Å². The Morgan fingerprint density at radius 3 is 3.24 bits per heavy atom. The number of hydrogen-bond acceptors (Lipinski definition) is 5. The minimum absolute atomic E-state index is 0.166. The first kappa shape index (κ1) is 14.6. The van der Waals surface area contributed by atoms with Crippen molar-refractivity contribution in [3.8, 4) is 5.75 Å². The number of anilines is 1. The van der Waals surface area contributed by atoms with Crippen LogP contribution < -0.4 is 20.9 Å². The number of rotatable bonds is 0. The van der Waals surface area contributed by atoms with Crippen molar-refractivity contribution in [3.05, 3.63) is 26.7 Å². The summed E-state index contributed by atoms with van der Waals surface area (Å²) in [6.45, 7) is 0.867. The van der Waals surface area contributed by atoms with Crippen LogP contribution in [0.2, 0.25) is 0 Å². The molecule has 1 aromatic carbocycles. The quantitative estimate of drug-likeness (QED) is 0.524. The number of phenolic OH excluding ortho intramolecular Hbond substituents is 1. The summed E-state index contributed by atoms with van der Waals surface area (Å²) in [4.78, 5) is 20.3. The van der Waals surface area contributed by atoms with E-state index < -0.39 is 0 Å². The third-order valence-corrected chi connectivity index (χ3v) is 8.23. The molecule has 1 aliphatic carbocycles. The molecule has 1 aromatic rings.